The Kier molecular flexibility index (Phi) is 10.5. The summed E-state index contributed by atoms with van der Waals surface area (Å²) in [6.07, 6.45) is 13.4. The van der Waals surface area contributed by atoms with Gasteiger partial charge in [0.2, 0.25) is 0 Å². The van der Waals surface area contributed by atoms with Gasteiger partial charge in [-0.25, -0.2) is 0 Å². The smallest absolute Gasteiger partial charge is 0.0233 e. The molecule has 0 aliphatic heterocycles. The van der Waals surface area contributed by atoms with Crippen LogP contribution >= 0.6 is 0 Å². The summed E-state index contributed by atoms with van der Waals surface area (Å²) in [6.45, 7) is 13.4. The lowest BCUT2D eigenvalue weighted by molar-refractivity contribution is 0.329. The summed E-state index contributed by atoms with van der Waals surface area (Å²) in [6, 6.07) is 0. The predicted molar refractivity (Wildman–Crippen MR) is 84.8 cm³/mol. The van der Waals surface area contributed by atoms with E-state index in [9.17, 15) is 0 Å². The van der Waals surface area contributed by atoms with E-state index in [0.29, 0.717) is 0 Å². The molecule has 0 radical (unpaired) electrons. The number of hydrogen-bond donors (Lipinski definition) is 0. The summed E-state index contributed by atoms with van der Waals surface area (Å²) in [7, 11) is 0. The molecule has 18 heavy (non-hydrogen) atoms. The van der Waals surface area contributed by atoms with Crippen molar-refractivity contribution in [3.63, 3.8) is 0 Å². The summed E-state index contributed by atoms with van der Waals surface area (Å²) in [5, 5.41) is 0. The molecule has 0 spiro atoms. The van der Waals surface area contributed by atoms with Crippen LogP contribution in [0.4, 0.5) is 0 Å². The Morgan fingerprint density at radius 3 is 2.00 bits per heavy atom. The van der Waals surface area contributed by atoms with Gasteiger partial charge in [0.05, 0.1) is 0 Å². The number of hydrogen-bond acceptors (Lipinski definition) is 0. The Morgan fingerprint density at radius 2 is 1.50 bits per heavy atom. The first-order valence-electron chi connectivity index (χ1n) is 8.26. The summed E-state index contributed by atoms with van der Waals surface area (Å²) in [5.74, 6) is 3.49. The summed E-state index contributed by atoms with van der Waals surface area (Å²) < 4.78 is 0. The molecular formula is C18H36. The second-order valence-electron chi connectivity index (χ2n) is 6.35. The molecule has 1 aliphatic rings. The van der Waals surface area contributed by atoms with E-state index in [4.69, 9.17) is 0 Å². The van der Waals surface area contributed by atoms with Crippen molar-refractivity contribution in [3.8, 4) is 0 Å². The van der Waals surface area contributed by atoms with Gasteiger partial charge in [-0.3, -0.25) is 0 Å². The summed E-state index contributed by atoms with van der Waals surface area (Å²) in [5.41, 5.74) is 0. The Hall–Kier alpha value is -0.260. The minimum absolute atomic E-state index is 0.779. The second-order valence-corrected chi connectivity index (χ2v) is 6.35. The zero-order valence-electron chi connectivity index (χ0n) is 13.7. The standard InChI is InChI=1S/C16H30.C2H6/c1-13(2)5-6-14(3)7-10-16-11-8-15(4)9-12-16;1-2/h7,10,13-16H,5-6,8-9,11-12H2,1-4H3;1-2H3/b10-7+;. The van der Waals surface area contributed by atoms with Crippen LogP contribution in [0.3, 0.4) is 0 Å². The van der Waals surface area contributed by atoms with E-state index >= 15 is 0 Å². The van der Waals surface area contributed by atoms with Gasteiger partial charge < -0.3 is 0 Å². The van der Waals surface area contributed by atoms with Crippen LogP contribution in [-0.4, -0.2) is 0 Å². The van der Waals surface area contributed by atoms with Gasteiger partial charge in [0, 0.05) is 0 Å². The first kappa shape index (κ1) is 17.7. The monoisotopic (exact) mass is 252 g/mol. The van der Waals surface area contributed by atoms with E-state index in [1.807, 2.05) is 13.8 Å². The molecule has 1 fully saturated rings. The molecule has 0 aromatic carbocycles. The van der Waals surface area contributed by atoms with E-state index in [2.05, 4.69) is 39.8 Å². The van der Waals surface area contributed by atoms with Crippen molar-refractivity contribution in [1.82, 2.24) is 0 Å². The fourth-order valence-corrected chi connectivity index (χ4v) is 2.52. The molecule has 0 bridgehead atoms. The van der Waals surface area contributed by atoms with E-state index in [1.54, 1.807) is 0 Å². The second kappa shape index (κ2) is 10.6. The highest BCUT2D eigenvalue weighted by atomic mass is 14.2. The van der Waals surface area contributed by atoms with E-state index in [1.165, 1.54) is 38.5 Å². The fourth-order valence-electron chi connectivity index (χ4n) is 2.52. The van der Waals surface area contributed by atoms with Crippen molar-refractivity contribution in [2.24, 2.45) is 23.7 Å². The highest BCUT2D eigenvalue weighted by Gasteiger charge is 2.15. The lowest BCUT2D eigenvalue weighted by Gasteiger charge is -2.24. The van der Waals surface area contributed by atoms with Crippen LogP contribution < -0.4 is 0 Å². The molecule has 0 heterocycles. The molecule has 0 aromatic heterocycles. The van der Waals surface area contributed by atoms with Crippen LogP contribution in [0, 0.1) is 23.7 Å². The van der Waals surface area contributed by atoms with Crippen LogP contribution in [-0.2, 0) is 0 Å². The van der Waals surface area contributed by atoms with Gasteiger partial charge in [-0.1, -0.05) is 73.0 Å². The molecule has 0 saturated heterocycles. The van der Waals surface area contributed by atoms with Crippen LogP contribution in [0.2, 0.25) is 0 Å². The zero-order chi connectivity index (χ0) is 14.0. The highest BCUT2D eigenvalue weighted by molar-refractivity contribution is 4.93. The van der Waals surface area contributed by atoms with Crippen LogP contribution in [0.5, 0.6) is 0 Å². The highest BCUT2D eigenvalue weighted by Crippen LogP contribution is 2.29. The van der Waals surface area contributed by atoms with Crippen molar-refractivity contribution in [1.29, 1.82) is 0 Å². The molecule has 0 nitrogen and oxygen atoms in total. The van der Waals surface area contributed by atoms with Crippen molar-refractivity contribution in [2.75, 3.05) is 0 Å². The largest absolute Gasteiger partial charge is 0.0854 e. The van der Waals surface area contributed by atoms with Crippen LogP contribution in [0.1, 0.15) is 80.1 Å². The van der Waals surface area contributed by atoms with Gasteiger partial charge in [0.15, 0.2) is 0 Å². The van der Waals surface area contributed by atoms with Gasteiger partial charge in [0.1, 0.15) is 0 Å². The van der Waals surface area contributed by atoms with E-state index in [0.717, 1.165) is 23.7 Å². The first-order chi connectivity index (χ1) is 8.58. The fraction of sp³-hybridized carbons (Fsp3) is 0.889. The van der Waals surface area contributed by atoms with Crippen LogP contribution in [0.15, 0.2) is 12.2 Å². The van der Waals surface area contributed by atoms with Crippen molar-refractivity contribution >= 4 is 0 Å². The topological polar surface area (TPSA) is 0 Å². The third-order valence-corrected chi connectivity index (χ3v) is 3.97. The molecule has 1 unspecified atom stereocenters. The maximum absolute atomic E-state index is 2.51. The quantitative estimate of drug-likeness (QED) is 0.492. The van der Waals surface area contributed by atoms with Gasteiger partial charge in [-0.2, -0.15) is 0 Å². The van der Waals surface area contributed by atoms with Crippen LogP contribution in [0.25, 0.3) is 0 Å². The lowest BCUT2D eigenvalue weighted by atomic mass is 9.82. The molecule has 0 aromatic rings. The Morgan fingerprint density at radius 1 is 0.944 bits per heavy atom. The first-order valence-corrected chi connectivity index (χ1v) is 8.26. The average Bonchev–Trinajstić information content (AvgIpc) is 2.38. The average molecular weight is 252 g/mol. The molecule has 0 N–H and O–H groups in total. The Balaban J connectivity index is 0.00000137. The van der Waals surface area contributed by atoms with Crippen molar-refractivity contribution in [3.05, 3.63) is 12.2 Å². The minimum atomic E-state index is 0.779. The molecule has 1 atom stereocenters. The van der Waals surface area contributed by atoms with Crippen molar-refractivity contribution < 1.29 is 0 Å². The number of allylic oxidation sites excluding steroid dienone is 2. The third-order valence-electron chi connectivity index (χ3n) is 3.97. The van der Waals surface area contributed by atoms with Gasteiger partial charge in [-0.05, 0) is 42.9 Å². The molecule has 1 saturated carbocycles. The molecule has 1 rings (SSSR count). The molecule has 1 aliphatic carbocycles. The zero-order valence-corrected chi connectivity index (χ0v) is 13.7. The predicted octanol–water partition coefficient (Wildman–Crippen LogP) is 6.47. The van der Waals surface area contributed by atoms with Gasteiger partial charge in [-0.15, -0.1) is 0 Å². The normalized spacial score (nSPS) is 25.9. The summed E-state index contributed by atoms with van der Waals surface area (Å²) in [4.78, 5) is 0. The molecule has 0 heteroatoms. The van der Waals surface area contributed by atoms with Gasteiger partial charge >= 0.3 is 0 Å². The Labute approximate surface area is 116 Å². The summed E-state index contributed by atoms with van der Waals surface area (Å²) >= 11 is 0. The maximum Gasteiger partial charge on any atom is -0.0233 e. The third kappa shape index (κ3) is 8.78. The van der Waals surface area contributed by atoms with Crippen molar-refractivity contribution in [2.45, 2.75) is 80.1 Å². The molecule has 0 amide bonds. The van der Waals surface area contributed by atoms with Gasteiger partial charge in [0.25, 0.3) is 0 Å². The van der Waals surface area contributed by atoms with E-state index < -0.39 is 0 Å². The molecular weight excluding hydrogens is 216 g/mol. The van der Waals surface area contributed by atoms with E-state index in [-0.39, 0.29) is 0 Å². The SMILES string of the molecule is CC.CC(C)CCC(C)/C=C/C1CCC(C)CC1. The lowest BCUT2D eigenvalue weighted by Crippen LogP contribution is -2.10. The number of rotatable bonds is 5. The minimum Gasteiger partial charge on any atom is -0.0854 e. The maximum atomic E-state index is 2.51. The Bertz CT molecular complexity index is 194. The molecule has 108 valence electrons.